The van der Waals surface area contributed by atoms with E-state index < -0.39 is 5.97 Å². The first kappa shape index (κ1) is 13.8. The standard InChI is InChI=1S/C15H14BrNO2/c1-9-5-6-12(16)8-13(9)14(17)10-3-2-4-11(7-10)15(18)19/h2-8,14H,17H2,1H3,(H,18,19). The number of nitrogens with two attached hydrogens (primary N) is 1. The molecule has 0 saturated carbocycles. The number of aromatic carboxylic acids is 1. The number of carboxylic acids is 1. The van der Waals surface area contributed by atoms with Crippen LogP contribution in [0.2, 0.25) is 0 Å². The number of carboxylic acid groups (broad SMARTS) is 1. The van der Waals surface area contributed by atoms with Gasteiger partial charge in [-0.3, -0.25) is 0 Å². The Bertz CT molecular complexity index is 625. The summed E-state index contributed by atoms with van der Waals surface area (Å²) in [5.41, 5.74) is 9.35. The minimum absolute atomic E-state index is 0.251. The van der Waals surface area contributed by atoms with Crippen LogP contribution in [0, 0.1) is 6.92 Å². The maximum Gasteiger partial charge on any atom is 0.335 e. The fourth-order valence-electron chi connectivity index (χ4n) is 1.99. The van der Waals surface area contributed by atoms with Gasteiger partial charge < -0.3 is 10.8 Å². The molecule has 2 rings (SSSR count). The van der Waals surface area contributed by atoms with E-state index in [-0.39, 0.29) is 11.6 Å². The molecule has 0 radical (unpaired) electrons. The summed E-state index contributed by atoms with van der Waals surface area (Å²) in [4.78, 5) is 11.0. The third kappa shape index (κ3) is 3.03. The van der Waals surface area contributed by atoms with E-state index in [4.69, 9.17) is 10.8 Å². The van der Waals surface area contributed by atoms with Gasteiger partial charge >= 0.3 is 5.97 Å². The second-order valence-electron chi connectivity index (χ2n) is 4.41. The fourth-order valence-corrected chi connectivity index (χ4v) is 2.37. The summed E-state index contributed by atoms with van der Waals surface area (Å²) >= 11 is 3.43. The molecule has 0 heterocycles. The van der Waals surface area contributed by atoms with Gasteiger partial charge in [0.2, 0.25) is 0 Å². The number of hydrogen-bond donors (Lipinski definition) is 2. The van der Waals surface area contributed by atoms with Crippen LogP contribution in [-0.4, -0.2) is 11.1 Å². The van der Waals surface area contributed by atoms with Crippen molar-refractivity contribution in [3.05, 3.63) is 69.2 Å². The SMILES string of the molecule is Cc1ccc(Br)cc1C(N)c1cccc(C(=O)O)c1. The van der Waals surface area contributed by atoms with E-state index in [0.717, 1.165) is 21.2 Å². The predicted molar refractivity (Wildman–Crippen MR) is 78.3 cm³/mol. The van der Waals surface area contributed by atoms with Gasteiger partial charge in [0, 0.05) is 4.47 Å². The molecule has 3 nitrogen and oxygen atoms in total. The maximum atomic E-state index is 11.0. The van der Waals surface area contributed by atoms with Crippen LogP contribution in [0.1, 0.15) is 33.1 Å². The van der Waals surface area contributed by atoms with Gasteiger partial charge in [0.15, 0.2) is 0 Å². The molecular formula is C15H14BrNO2. The van der Waals surface area contributed by atoms with Crippen LogP contribution in [0.15, 0.2) is 46.9 Å². The van der Waals surface area contributed by atoms with Crippen molar-refractivity contribution in [3.63, 3.8) is 0 Å². The lowest BCUT2D eigenvalue weighted by atomic mass is 9.95. The average molecular weight is 320 g/mol. The van der Waals surface area contributed by atoms with E-state index in [0.29, 0.717) is 0 Å². The number of hydrogen-bond acceptors (Lipinski definition) is 2. The zero-order valence-electron chi connectivity index (χ0n) is 10.4. The monoisotopic (exact) mass is 319 g/mol. The van der Waals surface area contributed by atoms with Crippen molar-refractivity contribution in [1.82, 2.24) is 0 Å². The second-order valence-corrected chi connectivity index (χ2v) is 5.32. The Labute approximate surface area is 120 Å². The lowest BCUT2D eigenvalue weighted by Crippen LogP contribution is -2.14. The van der Waals surface area contributed by atoms with Crippen LogP contribution >= 0.6 is 15.9 Å². The Hall–Kier alpha value is -1.65. The van der Waals surface area contributed by atoms with Crippen LogP contribution < -0.4 is 5.73 Å². The van der Waals surface area contributed by atoms with Gasteiger partial charge in [-0.05, 0) is 47.9 Å². The summed E-state index contributed by atoms with van der Waals surface area (Å²) in [5.74, 6) is -0.944. The Balaban J connectivity index is 2.43. The Morgan fingerprint density at radius 2 is 2.00 bits per heavy atom. The van der Waals surface area contributed by atoms with Crippen molar-refractivity contribution in [2.75, 3.05) is 0 Å². The van der Waals surface area contributed by atoms with Gasteiger partial charge in [0.1, 0.15) is 0 Å². The molecule has 0 fully saturated rings. The number of rotatable bonds is 3. The molecule has 2 aromatic carbocycles. The lowest BCUT2D eigenvalue weighted by molar-refractivity contribution is 0.0697. The molecule has 98 valence electrons. The second kappa shape index (κ2) is 5.55. The van der Waals surface area contributed by atoms with E-state index in [1.807, 2.05) is 31.2 Å². The van der Waals surface area contributed by atoms with Crippen molar-refractivity contribution in [3.8, 4) is 0 Å². The van der Waals surface area contributed by atoms with E-state index in [1.54, 1.807) is 18.2 Å². The van der Waals surface area contributed by atoms with Gasteiger partial charge in [-0.2, -0.15) is 0 Å². The largest absolute Gasteiger partial charge is 0.478 e. The fraction of sp³-hybridized carbons (Fsp3) is 0.133. The van der Waals surface area contributed by atoms with Gasteiger partial charge in [-0.15, -0.1) is 0 Å². The lowest BCUT2D eigenvalue weighted by Gasteiger charge is -2.16. The molecule has 3 N–H and O–H groups in total. The molecule has 0 aliphatic carbocycles. The molecule has 0 saturated heterocycles. The van der Waals surface area contributed by atoms with Crippen LogP contribution in [-0.2, 0) is 0 Å². The van der Waals surface area contributed by atoms with Gasteiger partial charge in [-0.25, -0.2) is 4.79 Å². The zero-order chi connectivity index (χ0) is 14.0. The summed E-state index contributed by atoms with van der Waals surface area (Å²) in [6.07, 6.45) is 0. The smallest absolute Gasteiger partial charge is 0.335 e. The first-order chi connectivity index (χ1) is 8.99. The molecule has 2 aromatic rings. The molecule has 0 amide bonds. The van der Waals surface area contributed by atoms with Crippen LogP contribution in [0.5, 0.6) is 0 Å². The van der Waals surface area contributed by atoms with E-state index in [9.17, 15) is 4.79 Å². The molecule has 0 bridgehead atoms. The topological polar surface area (TPSA) is 63.3 Å². The molecule has 0 aliphatic heterocycles. The Morgan fingerprint density at radius 1 is 1.26 bits per heavy atom. The molecule has 19 heavy (non-hydrogen) atoms. The molecule has 1 atom stereocenters. The third-order valence-corrected chi connectivity index (χ3v) is 3.56. The zero-order valence-corrected chi connectivity index (χ0v) is 12.0. The summed E-state index contributed by atoms with van der Waals surface area (Å²) in [5, 5.41) is 9.01. The van der Waals surface area contributed by atoms with E-state index in [2.05, 4.69) is 15.9 Å². The third-order valence-electron chi connectivity index (χ3n) is 3.07. The molecule has 0 aliphatic rings. The van der Waals surface area contributed by atoms with Crippen LogP contribution in [0.25, 0.3) is 0 Å². The van der Waals surface area contributed by atoms with Crippen molar-refractivity contribution < 1.29 is 9.90 Å². The summed E-state index contributed by atoms with van der Waals surface area (Å²) in [7, 11) is 0. The minimum Gasteiger partial charge on any atom is -0.478 e. The molecule has 0 spiro atoms. The van der Waals surface area contributed by atoms with Crippen LogP contribution in [0.3, 0.4) is 0 Å². The van der Waals surface area contributed by atoms with Crippen LogP contribution in [0.4, 0.5) is 0 Å². The Kier molecular flexibility index (Phi) is 4.02. The molecule has 4 heteroatoms. The Morgan fingerprint density at radius 3 is 2.68 bits per heavy atom. The van der Waals surface area contributed by atoms with E-state index in [1.165, 1.54) is 0 Å². The quantitative estimate of drug-likeness (QED) is 0.910. The molecule has 1 unspecified atom stereocenters. The van der Waals surface area contributed by atoms with Crippen molar-refractivity contribution >= 4 is 21.9 Å². The average Bonchev–Trinajstić information content (AvgIpc) is 2.41. The maximum absolute atomic E-state index is 11.0. The highest BCUT2D eigenvalue weighted by Gasteiger charge is 2.13. The minimum atomic E-state index is -0.944. The highest BCUT2D eigenvalue weighted by molar-refractivity contribution is 9.10. The van der Waals surface area contributed by atoms with Crippen molar-refractivity contribution in [2.24, 2.45) is 5.73 Å². The van der Waals surface area contributed by atoms with Crippen molar-refractivity contribution in [2.45, 2.75) is 13.0 Å². The highest BCUT2D eigenvalue weighted by Crippen LogP contribution is 2.26. The van der Waals surface area contributed by atoms with Gasteiger partial charge in [0.25, 0.3) is 0 Å². The number of aryl methyl sites for hydroxylation is 1. The highest BCUT2D eigenvalue weighted by atomic mass is 79.9. The van der Waals surface area contributed by atoms with Gasteiger partial charge in [0.05, 0.1) is 11.6 Å². The first-order valence-corrected chi connectivity index (χ1v) is 6.63. The number of halogens is 1. The van der Waals surface area contributed by atoms with Gasteiger partial charge in [-0.1, -0.05) is 34.1 Å². The first-order valence-electron chi connectivity index (χ1n) is 5.84. The predicted octanol–water partition coefficient (Wildman–Crippen LogP) is 3.50. The summed E-state index contributed by atoms with van der Waals surface area (Å²) in [6, 6.07) is 12.3. The summed E-state index contributed by atoms with van der Waals surface area (Å²) in [6.45, 7) is 1.99. The summed E-state index contributed by atoms with van der Waals surface area (Å²) < 4.78 is 0.956. The van der Waals surface area contributed by atoms with Crippen molar-refractivity contribution in [1.29, 1.82) is 0 Å². The molecular weight excluding hydrogens is 306 g/mol. The van der Waals surface area contributed by atoms with E-state index >= 15 is 0 Å². The molecule has 0 aromatic heterocycles. The normalized spacial score (nSPS) is 12.2. The number of carbonyl (C=O) groups is 1. The number of benzene rings is 2.